The molecule has 0 radical (unpaired) electrons. The van der Waals surface area contributed by atoms with Gasteiger partial charge in [-0.05, 0) is 57.9 Å². The number of amides is 2. The summed E-state index contributed by atoms with van der Waals surface area (Å²) in [7, 11) is 0. The SMILES string of the molecule is CCCCNC(=O)C(C)N(Cc1ccccc1)C(=O)COc1ccc(C(C)(C)C)cc1Br. The Bertz CT molecular complexity index is 894. The van der Waals surface area contributed by atoms with Crippen molar-refractivity contribution < 1.29 is 14.3 Å². The molecule has 0 fully saturated rings. The van der Waals surface area contributed by atoms with Crippen LogP contribution in [0.2, 0.25) is 0 Å². The van der Waals surface area contributed by atoms with Crippen LogP contribution in [0.1, 0.15) is 58.6 Å². The predicted octanol–water partition coefficient (Wildman–Crippen LogP) is 5.46. The van der Waals surface area contributed by atoms with Crippen LogP contribution in [0.5, 0.6) is 5.75 Å². The number of ether oxygens (including phenoxy) is 1. The summed E-state index contributed by atoms with van der Waals surface area (Å²) >= 11 is 3.55. The van der Waals surface area contributed by atoms with Gasteiger partial charge in [-0.25, -0.2) is 0 Å². The summed E-state index contributed by atoms with van der Waals surface area (Å²) in [5, 5.41) is 2.93. The molecule has 5 nitrogen and oxygen atoms in total. The van der Waals surface area contributed by atoms with E-state index in [1.807, 2.05) is 48.5 Å². The second kappa shape index (κ2) is 12.0. The minimum absolute atomic E-state index is 0.0178. The molecular formula is C26H35BrN2O3. The summed E-state index contributed by atoms with van der Waals surface area (Å²) in [4.78, 5) is 27.4. The summed E-state index contributed by atoms with van der Waals surface area (Å²) in [5.74, 6) is 0.211. The fraction of sp³-hybridized carbons (Fsp3) is 0.462. The molecule has 0 aliphatic carbocycles. The van der Waals surface area contributed by atoms with Gasteiger partial charge in [-0.1, -0.05) is 70.5 Å². The number of carbonyl (C=O) groups excluding carboxylic acids is 2. The lowest BCUT2D eigenvalue weighted by molar-refractivity contribution is -0.142. The van der Waals surface area contributed by atoms with Gasteiger partial charge >= 0.3 is 0 Å². The zero-order valence-corrected chi connectivity index (χ0v) is 21.4. The smallest absolute Gasteiger partial charge is 0.261 e. The maximum absolute atomic E-state index is 13.1. The normalized spacial score (nSPS) is 12.2. The number of unbranched alkanes of at least 4 members (excludes halogenated alkanes) is 1. The average Bonchev–Trinajstić information content (AvgIpc) is 2.76. The van der Waals surface area contributed by atoms with E-state index in [0.717, 1.165) is 22.9 Å². The van der Waals surface area contributed by atoms with Crippen LogP contribution in [-0.4, -0.2) is 35.9 Å². The molecule has 1 atom stereocenters. The highest BCUT2D eigenvalue weighted by atomic mass is 79.9. The van der Waals surface area contributed by atoms with Crippen molar-refractivity contribution in [1.82, 2.24) is 10.2 Å². The number of nitrogens with zero attached hydrogens (tertiary/aromatic N) is 1. The second-order valence-electron chi connectivity index (χ2n) is 9.01. The van der Waals surface area contributed by atoms with E-state index in [4.69, 9.17) is 4.74 Å². The van der Waals surface area contributed by atoms with Crippen molar-refractivity contribution in [2.45, 2.75) is 65.5 Å². The topological polar surface area (TPSA) is 58.6 Å². The molecular weight excluding hydrogens is 468 g/mol. The molecule has 2 rings (SSSR count). The Kier molecular flexibility index (Phi) is 9.76. The second-order valence-corrected chi connectivity index (χ2v) is 9.87. The third kappa shape index (κ3) is 7.66. The lowest BCUT2D eigenvalue weighted by Gasteiger charge is -2.29. The molecule has 0 spiro atoms. The Morgan fingerprint density at radius 3 is 2.41 bits per heavy atom. The molecule has 32 heavy (non-hydrogen) atoms. The van der Waals surface area contributed by atoms with E-state index in [-0.39, 0.29) is 23.8 Å². The van der Waals surface area contributed by atoms with Gasteiger partial charge in [0.1, 0.15) is 11.8 Å². The van der Waals surface area contributed by atoms with Crippen LogP contribution in [0.15, 0.2) is 53.0 Å². The zero-order chi connectivity index (χ0) is 23.7. The molecule has 1 unspecified atom stereocenters. The quantitative estimate of drug-likeness (QED) is 0.438. The van der Waals surface area contributed by atoms with E-state index in [0.29, 0.717) is 18.8 Å². The van der Waals surface area contributed by atoms with Gasteiger partial charge in [-0.3, -0.25) is 9.59 Å². The van der Waals surface area contributed by atoms with Crippen LogP contribution in [0, 0.1) is 0 Å². The molecule has 0 saturated carbocycles. The van der Waals surface area contributed by atoms with Crippen molar-refractivity contribution in [3.63, 3.8) is 0 Å². The van der Waals surface area contributed by atoms with E-state index < -0.39 is 6.04 Å². The molecule has 0 saturated heterocycles. The first-order valence-electron chi connectivity index (χ1n) is 11.2. The van der Waals surface area contributed by atoms with Gasteiger partial charge in [0.2, 0.25) is 5.91 Å². The summed E-state index contributed by atoms with van der Waals surface area (Å²) < 4.78 is 6.65. The first kappa shape index (κ1) is 25.9. The summed E-state index contributed by atoms with van der Waals surface area (Å²) in [6.07, 6.45) is 1.91. The van der Waals surface area contributed by atoms with Crippen molar-refractivity contribution >= 4 is 27.7 Å². The van der Waals surface area contributed by atoms with Crippen molar-refractivity contribution in [3.05, 3.63) is 64.1 Å². The molecule has 174 valence electrons. The van der Waals surface area contributed by atoms with E-state index >= 15 is 0 Å². The van der Waals surface area contributed by atoms with Crippen LogP contribution < -0.4 is 10.1 Å². The number of halogens is 1. The molecule has 0 aliphatic rings. The van der Waals surface area contributed by atoms with Gasteiger partial charge in [-0.15, -0.1) is 0 Å². The summed E-state index contributed by atoms with van der Waals surface area (Å²) in [6.45, 7) is 11.1. The number of nitrogens with one attached hydrogen (secondary N) is 1. The minimum Gasteiger partial charge on any atom is -0.483 e. The van der Waals surface area contributed by atoms with Gasteiger partial charge in [0.05, 0.1) is 4.47 Å². The van der Waals surface area contributed by atoms with Crippen LogP contribution in [0.3, 0.4) is 0 Å². The van der Waals surface area contributed by atoms with E-state index in [9.17, 15) is 9.59 Å². The molecule has 2 amide bonds. The van der Waals surface area contributed by atoms with E-state index in [1.165, 1.54) is 5.56 Å². The monoisotopic (exact) mass is 502 g/mol. The molecule has 1 N–H and O–H groups in total. The first-order chi connectivity index (χ1) is 15.1. The van der Waals surface area contributed by atoms with Crippen molar-refractivity contribution in [3.8, 4) is 5.75 Å². The van der Waals surface area contributed by atoms with Crippen LogP contribution >= 0.6 is 15.9 Å². The minimum atomic E-state index is -0.602. The molecule has 2 aromatic carbocycles. The number of hydrogen-bond acceptors (Lipinski definition) is 3. The predicted molar refractivity (Wildman–Crippen MR) is 133 cm³/mol. The number of hydrogen-bond donors (Lipinski definition) is 1. The third-order valence-corrected chi connectivity index (χ3v) is 5.96. The highest BCUT2D eigenvalue weighted by molar-refractivity contribution is 9.10. The van der Waals surface area contributed by atoms with Gasteiger partial charge in [0.15, 0.2) is 6.61 Å². The third-order valence-electron chi connectivity index (χ3n) is 5.34. The first-order valence-corrected chi connectivity index (χ1v) is 12.0. The average molecular weight is 503 g/mol. The van der Waals surface area contributed by atoms with Gasteiger partial charge in [-0.2, -0.15) is 0 Å². The molecule has 0 aromatic heterocycles. The maximum Gasteiger partial charge on any atom is 0.261 e. The van der Waals surface area contributed by atoms with Crippen LogP contribution in [0.25, 0.3) is 0 Å². The number of rotatable bonds is 10. The maximum atomic E-state index is 13.1. The standard InChI is InChI=1S/C26H35BrN2O3/c1-6-7-15-28-25(31)19(2)29(17-20-11-9-8-10-12-20)24(30)18-32-23-14-13-21(16-22(23)27)26(3,4)5/h8-14,16,19H,6-7,15,17-18H2,1-5H3,(H,28,31). The number of benzene rings is 2. The molecule has 0 heterocycles. The van der Waals surface area contributed by atoms with Crippen molar-refractivity contribution in [1.29, 1.82) is 0 Å². The number of carbonyl (C=O) groups is 2. The van der Waals surface area contributed by atoms with Gasteiger partial charge in [0, 0.05) is 13.1 Å². The lowest BCUT2D eigenvalue weighted by atomic mass is 9.87. The fourth-order valence-corrected chi connectivity index (χ4v) is 3.70. The Labute approximate surface area is 200 Å². The summed E-state index contributed by atoms with van der Waals surface area (Å²) in [6, 6.07) is 15.0. The summed E-state index contributed by atoms with van der Waals surface area (Å²) in [5.41, 5.74) is 2.15. The molecule has 2 aromatic rings. The zero-order valence-electron chi connectivity index (χ0n) is 19.8. The van der Waals surface area contributed by atoms with Gasteiger partial charge < -0.3 is 15.0 Å². The van der Waals surface area contributed by atoms with Crippen molar-refractivity contribution in [2.24, 2.45) is 0 Å². The highest BCUT2D eigenvalue weighted by Gasteiger charge is 2.26. The molecule has 0 aliphatic heterocycles. The largest absolute Gasteiger partial charge is 0.483 e. The fourth-order valence-electron chi connectivity index (χ4n) is 3.21. The van der Waals surface area contributed by atoms with E-state index in [1.54, 1.807) is 11.8 Å². The Balaban J connectivity index is 2.12. The molecule has 0 bridgehead atoms. The lowest BCUT2D eigenvalue weighted by Crippen LogP contribution is -2.49. The van der Waals surface area contributed by atoms with Crippen LogP contribution in [-0.2, 0) is 21.5 Å². The Morgan fingerprint density at radius 1 is 1.12 bits per heavy atom. The van der Waals surface area contributed by atoms with Crippen molar-refractivity contribution in [2.75, 3.05) is 13.2 Å². The molecule has 6 heteroatoms. The van der Waals surface area contributed by atoms with Gasteiger partial charge in [0.25, 0.3) is 5.91 Å². The van der Waals surface area contributed by atoms with Crippen LogP contribution in [0.4, 0.5) is 0 Å². The van der Waals surface area contributed by atoms with E-state index in [2.05, 4.69) is 48.9 Å². The highest BCUT2D eigenvalue weighted by Crippen LogP contribution is 2.31. The Morgan fingerprint density at radius 2 is 1.81 bits per heavy atom. The Hall–Kier alpha value is -2.34.